The van der Waals surface area contributed by atoms with E-state index in [1.54, 1.807) is 73.8 Å². The molecule has 4 aromatic carbocycles. The lowest BCUT2D eigenvalue weighted by Crippen LogP contribution is -2.41. The largest absolute Gasteiger partial charge is 0.497 e. The summed E-state index contributed by atoms with van der Waals surface area (Å²) in [5.74, 6) is 1.28. The van der Waals surface area contributed by atoms with Crippen LogP contribution in [-0.2, 0) is 6.61 Å². The van der Waals surface area contributed by atoms with Crippen LogP contribution < -0.4 is 29.6 Å². The molecular formula is C31H30N2O6. The molecule has 39 heavy (non-hydrogen) atoms. The summed E-state index contributed by atoms with van der Waals surface area (Å²) in [6.45, 7) is 0.317. The van der Waals surface area contributed by atoms with E-state index in [1.165, 1.54) is 14.2 Å². The average Bonchev–Trinajstić information content (AvgIpc) is 3.00. The normalized spacial score (nSPS) is 10.5. The molecule has 0 heterocycles. The van der Waals surface area contributed by atoms with E-state index < -0.39 is 18.0 Å². The van der Waals surface area contributed by atoms with Gasteiger partial charge in [0.25, 0.3) is 11.8 Å². The van der Waals surface area contributed by atoms with Crippen LogP contribution in [0.3, 0.4) is 0 Å². The Bertz CT molecular complexity index is 1360. The zero-order valence-corrected chi connectivity index (χ0v) is 22.0. The maximum Gasteiger partial charge on any atom is 0.253 e. The molecule has 2 N–H and O–H groups in total. The molecule has 2 amide bonds. The Morgan fingerprint density at radius 2 is 1.23 bits per heavy atom. The van der Waals surface area contributed by atoms with Crippen molar-refractivity contribution < 1.29 is 28.5 Å². The molecule has 0 saturated carbocycles. The highest BCUT2D eigenvalue weighted by molar-refractivity contribution is 5.97. The van der Waals surface area contributed by atoms with Gasteiger partial charge in [0.15, 0.2) is 11.5 Å². The summed E-state index contributed by atoms with van der Waals surface area (Å²) in [7, 11) is 4.61. The maximum atomic E-state index is 13.2. The fourth-order valence-corrected chi connectivity index (χ4v) is 3.88. The molecule has 0 unspecified atom stereocenters. The van der Waals surface area contributed by atoms with Gasteiger partial charge in [0.2, 0.25) is 0 Å². The van der Waals surface area contributed by atoms with E-state index in [9.17, 15) is 9.59 Å². The van der Waals surface area contributed by atoms with Crippen LogP contribution in [0.1, 0.15) is 38.0 Å². The Morgan fingerprint density at radius 3 is 1.77 bits per heavy atom. The van der Waals surface area contributed by atoms with Crippen LogP contribution in [0.4, 0.5) is 0 Å². The lowest BCUT2D eigenvalue weighted by molar-refractivity contribution is 0.0882. The molecule has 0 aliphatic heterocycles. The van der Waals surface area contributed by atoms with Gasteiger partial charge in [-0.25, -0.2) is 0 Å². The van der Waals surface area contributed by atoms with E-state index in [-0.39, 0.29) is 0 Å². The average molecular weight is 527 g/mol. The van der Waals surface area contributed by atoms with Crippen LogP contribution in [0.25, 0.3) is 0 Å². The second kappa shape index (κ2) is 13.0. The van der Waals surface area contributed by atoms with Gasteiger partial charge in [-0.3, -0.25) is 9.59 Å². The molecule has 0 bridgehead atoms. The zero-order chi connectivity index (χ0) is 27.6. The van der Waals surface area contributed by atoms with E-state index in [0.717, 1.165) is 5.56 Å². The topological polar surface area (TPSA) is 95.1 Å². The molecule has 0 radical (unpaired) electrons. The summed E-state index contributed by atoms with van der Waals surface area (Å²) in [4.78, 5) is 26.5. The molecule has 0 spiro atoms. The summed E-state index contributed by atoms with van der Waals surface area (Å²) in [6.07, 6.45) is -0.896. The van der Waals surface area contributed by atoms with Crippen LogP contribution >= 0.6 is 0 Å². The first-order chi connectivity index (χ1) is 19.0. The van der Waals surface area contributed by atoms with E-state index in [4.69, 9.17) is 18.9 Å². The molecule has 8 heteroatoms. The van der Waals surface area contributed by atoms with Crippen molar-refractivity contribution in [1.82, 2.24) is 10.6 Å². The van der Waals surface area contributed by atoms with E-state index in [2.05, 4.69) is 10.6 Å². The summed E-state index contributed by atoms with van der Waals surface area (Å²) >= 11 is 0. The number of carbonyl (C=O) groups is 2. The Morgan fingerprint density at radius 1 is 0.641 bits per heavy atom. The molecule has 4 rings (SSSR count). The second-order valence-electron chi connectivity index (χ2n) is 8.53. The number of hydrogen-bond donors (Lipinski definition) is 2. The molecule has 0 saturated heterocycles. The van der Waals surface area contributed by atoms with Gasteiger partial charge in [-0.15, -0.1) is 0 Å². The molecular weight excluding hydrogens is 496 g/mol. The Labute approximate surface area is 227 Å². The minimum atomic E-state index is -0.896. The first-order valence-electron chi connectivity index (χ1n) is 12.2. The summed E-state index contributed by atoms with van der Waals surface area (Å²) in [5.41, 5.74) is 2.33. The molecule has 0 aliphatic carbocycles. The van der Waals surface area contributed by atoms with Crippen molar-refractivity contribution in [3.05, 3.63) is 119 Å². The Hall–Kier alpha value is -4.98. The van der Waals surface area contributed by atoms with Gasteiger partial charge < -0.3 is 29.6 Å². The SMILES string of the molecule is COc1cccc(C(=O)NC(NC(=O)c2cccc(OC)c2)c2ccc(OC)c(OCc3ccccc3)c2)c1. The predicted molar refractivity (Wildman–Crippen MR) is 147 cm³/mol. The van der Waals surface area contributed by atoms with Gasteiger partial charge >= 0.3 is 0 Å². The highest BCUT2D eigenvalue weighted by Gasteiger charge is 2.21. The maximum absolute atomic E-state index is 13.2. The van der Waals surface area contributed by atoms with Crippen LogP contribution in [0.2, 0.25) is 0 Å². The van der Waals surface area contributed by atoms with Crippen LogP contribution in [0.5, 0.6) is 23.0 Å². The highest BCUT2D eigenvalue weighted by Crippen LogP contribution is 2.31. The minimum absolute atomic E-state index is 0.317. The van der Waals surface area contributed by atoms with Crippen molar-refractivity contribution >= 4 is 11.8 Å². The summed E-state index contributed by atoms with van der Waals surface area (Å²) in [6, 6.07) is 28.5. The summed E-state index contributed by atoms with van der Waals surface area (Å²) in [5, 5.41) is 5.83. The Kier molecular flexibility index (Phi) is 9.03. The molecule has 4 aromatic rings. The second-order valence-corrected chi connectivity index (χ2v) is 8.53. The van der Waals surface area contributed by atoms with Gasteiger partial charge in [0.1, 0.15) is 24.3 Å². The van der Waals surface area contributed by atoms with Gasteiger partial charge in [-0.2, -0.15) is 0 Å². The first kappa shape index (κ1) is 27.1. The predicted octanol–water partition coefficient (Wildman–Crippen LogP) is 5.15. The molecule has 8 nitrogen and oxygen atoms in total. The minimum Gasteiger partial charge on any atom is -0.497 e. The number of ether oxygens (including phenoxy) is 4. The van der Waals surface area contributed by atoms with Crippen LogP contribution in [0.15, 0.2) is 97.1 Å². The number of nitrogens with one attached hydrogen (secondary N) is 2. The Balaban J connectivity index is 1.64. The lowest BCUT2D eigenvalue weighted by Gasteiger charge is -2.22. The van der Waals surface area contributed by atoms with Crippen molar-refractivity contribution in [3.63, 3.8) is 0 Å². The van der Waals surface area contributed by atoms with Crippen molar-refractivity contribution in [2.75, 3.05) is 21.3 Å². The number of carbonyl (C=O) groups excluding carboxylic acids is 2. The van der Waals surface area contributed by atoms with Crippen LogP contribution in [-0.4, -0.2) is 33.1 Å². The van der Waals surface area contributed by atoms with Gasteiger partial charge in [-0.05, 0) is 59.7 Å². The van der Waals surface area contributed by atoms with Gasteiger partial charge in [0.05, 0.1) is 21.3 Å². The molecule has 0 aromatic heterocycles. The summed E-state index contributed by atoms with van der Waals surface area (Å²) < 4.78 is 22.1. The third-order valence-corrected chi connectivity index (χ3v) is 5.97. The number of rotatable bonds is 11. The molecule has 0 aliphatic rings. The van der Waals surface area contributed by atoms with Crippen molar-refractivity contribution in [1.29, 1.82) is 0 Å². The van der Waals surface area contributed by atoms with E-state index in [0.29, 0.717) is 46.3 Å². The van der Waals surface area contributed by atoms with Gasteiger partial charge in [0, 0.05) is 11.1 Å². The smallest absolute Gasteiger partial charge is 0.253 e. The van der Waals surface area contributed by atoms with Crippen molar-refractivity contribution in [2.24, 2.45) is 0 Å². The third-order valence-electron chi connectivity index (χ3n) is 5.97. The molecule has 200 valence electrons. The zero-order valence-electron chi connectivity index (χ0n) is 22.0. The van der Waals surface area contributed by atoms with E-state index in [1.807, 2.05) is 30.3 Å². The number of amides is 2. The van der Waals surface area contributed by atoms with Crippen LogP contribution in [0, 0.1) is 0 Å². The fourth-order valence-electron chi connectivity index (χ4n) is 3.88. The highest BCUT2D eigenvalue weighted by atomic mass is 16.5. The van der Waals surface area contributed by atoms with Gasteiger partial charge in [-0.1, -0.05) is 48.5 Å². The number of methoxy groups -OCH3 is 3. The standard InChI is InChI=1S/C31H30N2O6/c1-36-25-13-7-11-23(17-25)30(34)32-29(33-31(35)24-12-8-14-26(18-24)37-2)22-15-16-27(38-3)28(19-22)39-20-21-9-5-4-6-10-21/h4-19,29H,20H2,1-3H3,(H,32,34)(H,33,35). The fraction of sp³-hybridized carbons (Fsp3) is 0.161. The number of benzene rings is 4. The van der Waals surface area contributed by atoms with Crippen molar-refractivity contribution in [2.45, 2.75) is 12.8 Å². The van der Waals surface area contributed by atoms with E-state index >= 15 is 0 Å². The molecule has 0 fully saturated rings. The first-order valence-corrected chi connectivity index (χ1v) is 12.2. The quantitative estimate of drug-likeness (QED) is 0.263. The number of hydrogen-bond acceptors (Lipinski definition) is 6. The van der Waals surface area contributed by atoms with Crippen molar-refractivity contribution in [3.8, 4) is 23.0 Å². The lowest BCUT2D eigenvalue weighted by atomic mass is 10.1. The molecule has 0 atom stereocenters. The monoisotopic (exact) mass is 526 g/mol. The third kappa shape index (κ3) is 7.07.